The summed E-state index contributed by atoms with van der Waals surface area (Å²) in [4.78, 5) is 22.6. The Hall–Kier alpha value is -3.15. The van der Waals surface area contributed by atoms with Crippen molar-refractivity contribution in [1.82, 2.24) is 9.97 Å². The van der Waals surface area contributed by atoms with Gasteiger partial charge in [-0.3, -0.25) is 4.98 Å². The number of hydrogen-bond acceptors (Lipinski definition) is 6. The Morgan fingerprint density at radius 3 is 2.72 bits per heavy atom. The molecule has 1 aliphatic rings. The molecule has 0 unspecified atom stereocenters. The third-order valence-electron chi connectivity index (χ3n) is 4.39. The minimum Gasteiger partial charge on any atom is -0.465 e. The Balaban J connectivity index is 1.65. The lowest BCUT2D eigenvalue weighted by Gasteiger charge is -2.33. The van der Waals surface area contributed by atoms with E-state index in [0.29, 0.717) is 11.4 Å². The zero-order valence-corrected chi connectivity index (χ0v) is 13.9. The van der Waals surface area contributed by atoms with Crippen LogP contribution in [0.4, 0.5) is 17.2 Å². The highest BCUT2D eigenvalue weighted by Gasteiger charge is 2.15. The van der Waals surface area contributed by atoms with Crippen LogP contribution in [-0.4, -0.2) is 36.1 Å². The van der Waals surface area contributed by atoms with E-state index in [0.717, 1.165) is 29.7 Å². The lowest BCUT2D eigenvalue weighted by Crippen LogP contribution is -2.36. The number of fused-ring (bicyclic) bond motifs is 1. The van der Waals surface area contributed by atoms with Crippen LogP contribution < -0.4 is 10.2 Å². The number of methoxy groups -OCH3 is 1. The number of anilines is 3. The second-order valence-corrected chi connectivity index (χ2v) is 5.95. The van der Waals surface area contributed by atoms with Crippen LogP contribution in [0, 0.1) is 0 Å². The molecular formula is C19H18N4O2. The molecule has 0 bridgehead atoms. The summed E-state index contributed by atoms with van der Waals surface area (Å²) in [6.07, 6.45) is 4.52. The molecule has 1 saturated heterocycles. The molecule has 1 N–H and O–H groups in total. The Morgan fingerprint density at radius 1 is 1.16 bits per heavy atom. The van der Waals surface area contributed by atoms with Gasteiger partial charge in [0.25, 0.3) is 0 Å². The molecule has 1 fully saturated rings. The van der Waals surface area contributed by atoms with Gasteiger partial charge in [-0.2, -0.15) is 0 Å². The summed E-state index contributed by atoms with van der Waals surface area (Å²) in [5.41, 5.74) is 3.50. The van der Waals surface area contributed by atoms with Gasteiger partial charge in [0.2, 0.25) is 0 Å². The predicted octanol–water partition coefficient (Wildman–Crippen LogP) is 3.37. The lowest BCUT2D eigenvalue weighted by molar-refractivity contribution is 0.0600. The predicted molar refractivity (Wildman–Crippen MR) is 97.4 cm³/mol. The smallest absolute Gasteiger partial charge is 0.339 e. The van der Waals surface area contributed by atoms with Crippen LogP contribution in [0.2, 0.25) is 0 Å². The number of aromatic nitrogens is 2. The highest BCUT2D eigenvalue weighted by molar-refractivity contribution is 5.95. The largest absolute Gasteiger partial charge is 0.465 e. The second-order valence-electron chi connectivity index (χ2n) is 5.95. The third-order valence-corrected chi connectivity index (χ3v) is 4.39. The molecular weight excluding hydrogens is 316 g/mol. The van der Waals surface area contributed by atoms with Crippen LogP contribution in [0.25, 0.3) is 10.9 Å². The molecule has 1 aliphatic heterocycles. The number of nitrogens with one attached hydrogen (secondary N) is 1. The van der Waals surface area contributed by atoms with Gasteiger partial charge in [-0.25, -0.2) is 9.78 Å². The van der Waals surface area contributed by atoms with Gasteiger partial charge in [0.1, 0.15) is 5.82 Å². The van der Waals surface area contributed by atoms with Crippen molar-refractivity contribution in [2.24, 2.45) is 0 Å². The van der Waals surface area contributed by atoms with Crippen LogP contribution in [-0.2, 0) is 4.74 Å². The van der Waals surface area contributed by atoms with E-state index in [9.17, 15) is 4.79 Å². The lowest BCUT2D eigenvalue weighted by atomic mass is 10.1. The first kappa shape index (κ1) is 15.4. The Kier molecular flexibility index (Phi) is 3.93. The van der Waals surface area contributed by atoms with Gasteiger partial charge in [0, 0.05) is 36.6 Å². The third kappa shape index (κ3) is 2.98. The number of benzene rings is 1. The van der Waals surface area contributed by atoms with Crippen LogP contribution in [0.3, 0.4) is 0 Å². The first-order chi connectivity index (χ1) is 12.2. The molecule has 0 spiro atoms. The van der Waals surface area contributed by atoms with Crippen molar-refractivity contribution in [1.29, 1.82) is 0 Å². The number of nitrogens with zero attached hydrogens (tertiary/aromatic N) is 3. The topological polar surface area (TPSA) is 67.3 Å². The highest BCUT2D eigenvalue weighted by Crippen LogP contribution is 2.30. The van der Waals surface area contributed by atoms with E-state index < -0.39 is 5.97 Å². The maximum Gasteiger partial charge on any atom is 0.339 e. The monoisotopic (exact) mass is 334 g/mol. The van der Waals surface area contributed by atoms with Crippen molar-refractivity contribution in [3.8, 4) is 0 Å². The van der Waals surface area contributed by atoms with Gasteiger partial charge in [-0.15, -0.1) is 0 Å². The van der Waals surface area contributed by atoms with Crippen molar-refractivity contribution in [3.05, 3.63) is 54.4 Å². The molecule has 2 aromatic heterocycles. The molecule has 25 heavy (non-hydrogen) atoms. The zero-order chi connectivity index (χ0) is 17.2. The molecule has 0 saturated carbocycles. The van der Waals surface area contributed by atoms with Crippen LogP contribution in [0.5, 0.6) is 0 Å². The molecule has 0 amide bonds. The number of pyridine rings is 2. The fraction of sp³-hybridized carbons (Fsp3) is 0.211. The fourth-order valence-corrected chi connectivity index (χ4v) is 2.86. The van der Waals surface area contributed by atoms with E-state index in [4.69, 9.17) is 4.74 Å². The SMILES string of the molecule is COC(=O)c1ccc(Nc2ccnc3ccc(N4CCC4)cc23)nc1. The molecule has 6 nitrogen and oxygen atoms in total. The summed E-state index contributed by atoms with van der Waals surface area (Å²) in [6, 6.07) is 11.7. The number of carbonyl (C=O) groups is 1. The fourth-order valence-electron chi connectivity index (χ4n) is 2.86. The molecule has 3 aromatic rings. The van der Waals surface area contributed by atoms with Crippen LogP contribution >= 0.6 is 0 Å². The number of rotatable bonds is 4. The van der Waals surface area contributed by atoms with Crippen molar-refractivity contribution in [2.45, 2.75) is 6.42 Å². The molecule has 126 valence electrons. The number of carbonyl (C=O) groups excluding carboxylic acids is 1. The van der Waals surface area contributed by atoms with Gasteiger partial charge in [0.15, 0.2) is 0 Å². The van der Waals surface area contributed by atoms with Crippen molar-refractivity contribution >= 4 is 34.1 Å². The Bertz CT molecular complexity index is 920. The quantitative estimate of drug-likeness (QED) is 0.738. The second kappa shape index (κ2) is 6.39. The summed E-state index contributed by atoms with van der Waals surface area (Å²) >= 11 is 0. The minimum absolute atomic E-state index is 0.396. The van der Waals surface area contributed by atoms with Gasteiger partial charge in [0.05, 0.1) is 23.9 Å². The number of esters is 1. The van der Waals surface area contributed by atoms with Crippen LogP contribution in [0.15, 0.2) is 48.8 Å². The van der Waals surface area contributed by atoms with Crippen molar-refractivity contribution < 1.29 is 9.53 Å². The van der Waals surface area contributed by atoms with Crippen molar-refractivity contribution in [2.75, 3.05) is 30.4 Å². The summed E-state index contributed by atoms with van der Waals surface area (Å²) in [7, 11) is 1.35. The Labute approximate surface area is 145 Å². The Morgan fingerprint density at radius 2 is 2.04 bits per heavy atom. The van der Waals surface area contributed by atoms with Gasteiger partial charge >= 0.3 is 5.97 Å². The molecule has 0 atom stereocenters. The standard InChI is InChI=1S/C19H18N4O2/c1-25-19(24)13-3-6-18(21-12-13)22-17-7-8-20-16-5-4-14(11-15(16)17)23-9-2-10-23/h3-8,11-12H,2,9-10H2,1H3,(H,20,21,22). The summed E-state index contributed by atoms with van der Waals surface area (Å²) in [5, 5.41) is 4.36. The van der Waals surface area contributed by atoms with Gasteiger partial charge < -0.3 is 15.0 Å². The molecule has 0 aliphatic carbocycles. The maximum absolute atomic E-state index is 11.5. The van der Waals surface area contributed by atoms with Crippen molar-refractivity contribution in [3.63, 3.8) is 0 Å². The first-order valence-corrected chi connectivity index (χ1v) is 8.20. The summed E-state index contributed by atoms with van der Waals surface area (Å²) in [6.45, 7) is 2.20. The molecule has 1 aromatic carbocycles. The average Bonchev–Trinajstić information content (AvgIpc) is 2.61. The van der Waals surface area contributed by atoms with E-state index in [1.165, 1.54) is 25.4 Å². The minimum atomic E-state index is -0.396. The highest BCUT2D eigenvalue weighted by atomic mass is 16.5. The zero-order valence-electron chi connectivity index (χ0n) is 13.9. The van der Waals surface area contributed by atoms with E-state index in [2.05, 4.69) is 32.3 Å². The van der Waals surface area contributed by atoms with E-state index in [1.54, 1.807) is 18.3 Å². The van der Waals surface area contributed by atoms with E-state index in [1.807, 2.05) is 12.1 Å². The molecule has 3 heterocycles. The molecule has 4 rings (SSSR count). The average molecular weight is 334 g/mol. The van der Waals surface area contributed by atoms with E-state index >= 15 is 0 Å². The van der Waals surface area contributed by atoms with E-state index in [-0.39, 0.29) is 0 Å². The molecule has 6 heteroatoms. The number of ether oxygens (including phenoxy) is 1. The molecule has 0 radical (unpaired) electrons. The normalized spacial score (nSPS) is 13.4. The van der Waals surface area contributed by atoms with Crippen LogP contribution in [0.1, 0.15) is 16.8 Å². The van der Waals surface area contributed by atoms with Gasteiger partial charge in [-0.1, -0.05) is 0 Å². The van der Waals surface area contributed by atoms with Gasteiger partial charge in [-0.05, 0) is 42.8 Å². The summed E-state index contributed by atoms with van der Waals surface area (Å²) < 4.78 is 4.69. The maximum atomic E-state index is 11.5. The first-order valence-electron chi connectivity index (χ1n) is 8.20. The number of hydrogen-bond donors (Lipinski definition) is 1. The summed E-state index contributed by atoms with van der Waals surface area (Å²) in [5.74, 6) is 0.266.